The SMILES string of the molecule is CN(C)CCc1ccc(/C=c2\[nH]c(=O)/c(=C/c3ccccc3)[nH]c2=O)s1. The van der Waals surface area contributed by atoms with Crippen LogP contribution >= 0.6 is 11.3 Å². The Hall–Kier alpha value is -2.70. The number of H-pyrrole nitrogens is 2. The molecule has 3 aromatic rings. The molecular weight excluding hydrogens is 346 g/mol. The number of aromatic nitrogens is 2. The lowest BCUT2D eigenvalue weighted by Crippen LogP contribution is -2.46. The summed E-state index contributed by atoms with van der Waals surface area (Å²) in [5, 5.41) is 0.512. The van der Waals surface area contributed by atoms with Crippen LogP contribution < -0.4 is 21.8 Å². The average Bonchev–Trinajstić information content (AvgIpc) is 3.06. The van der Waals surface area contributed by atoms with Crippen molar-refractivity contribution >= 4 is 23.5 Å². The van der Waals surface area contributed by atoms with Gasteiger partial charge in [0.15, 0.2) is 0 Å². The molecule has 0 atom stereocenters. The van der Waals surface area contributed by atoms with Crippen LogP contribution in [0.15, 0.2) is 52.1 Å². The first-order chi connectivity index (χ1) is 12.5. The Balaban J connectivity index is 1.94. The number of thiophene rings is 1. The summed E-state index contributed by atoms with van der Waals surface area (Å²) in [5.74, 6) is 0. The van der Waals surface area contributed by atoms with Crippen molar-refractivity contribution in [1.82, 2.24) is 14.9 Å². The van der Waals surface area contributed by atoms with Gasteiger partial charge in [-0.05, 0) is 50.4 Å². The first-order valence-corrected chi connectivity index (χ1v) is 9.17. The van der Waals surface area contributed by atoms with E-state index in [1.807, 2.05) is 50.5 Å². The topological polar surface area (TPSA) is 69.0 Å². The summed E-state index contributed by atoms with van der Waals surface area (Å²) in [6, 6.07) is 13.4. The molecule has 0 aliphatic rings. The van der Waals surface area contributed by atoms with Gasteiger partial charge in [0.25, 0.3) is 11.1 Å². The molecule has 0 spiro atoms. The summed E-state index contributed by atoms with van der Waals surface area (Å²) in [4.78, 5) is 34.3. The fraction of sp³-hybridized carbons (Fsp3) is 0.200. The van der Waals surface area contributed by atoms with Gasteiger partial charge < -0.3 is 14.9 Å². The zero-order valence-corrected chi connectivity index (χ0v) is 15.6. The smallest absolute Gasteiger partial charge is 0.272 e. The molecule has 0 saturated carbocycles. The molecule has 0 radical (unpaired) electrons. The maximum absolute atomic E-state index is 12.3. The third-order valence-electron chi connectivity index (χ3n) is 3.87. The van der Waals surface area contributed by atoms with E-state index in [0.717, 1.165) is 23.4 Å². The van der Waals surface area contributed by atoms with Crippen molar-refractivity contribution < 1.29 is 0 Å². The standard InChI is InChI=1S/C20H21N3O2S/c1-23(2)11-10-15-8-9-16(26-15)13-18-20(25)21-17(19(24)22-18)12-14-6-4-3-5-7-14/h3-9,12-13H,10-11H2,1-2H3,(H,21,25)(H,22,24)/b17-12-,18-13-. The molecule has 1 aromatic carbocycles. The maximum Gasteiger partial charge on any atom is 0.272 e. The number of hydrogen-bond donors (Lipinski definition) is 2. The highest BCUT2D eigenvalue weighted by Gasteiger charge is 2.01. The summed E-state index contributed by atoms with van der Waals surface area (Å²) in [5.41, 5.74) is 0.230. The van der Waals surface area contributed by atoms with E-state index < -0.39 is 0 Å². The Morgan fingerprint density at radius 1 is 0.923 bits per heavy atom. The number of benzene rings is 1. The summed E-state index contributed by atoms with van der Waals surface area (Å²) >= 11 is 1.63. The molecule has 3 rings (SSSR count). The molecular formula is C20H21N3O2S. The highest BCUT2D eigenvalue weighted by atomic mass is 32.1. The fourth-order valence-corrected chi connectivity index (χ4v) is 3.44. The molecule has 0 aliphatic carbocycles. The lowest BCUT2D eigenvalue weighted by atomic mass is 10.2. The van der Waals surface area contributed by atoms with Crippen molar-refractivity contribution in [3.63, 3.8) is 0 Å². The molecule has 6 heteroatoms. The Morgan fingerprint density at radius 2 is 1.58 bits per heavy atom. The lowest BCUT2D eigenvalue weighted by Gasteiger charge is -2.06. The van der Waals surface area contributed by atoms with Gasteiger partial charge in [-0.2, -0.15) is 0 Å². The van der Waals surface area contributed by atoms with Gasteiger partial charge in [-0.15, -0.1) is 11.3 Å². The molecule has 26 heavy (non-hydrogen) atoms. The van der Waals surface area contributed by atoms with Crippen molar-refractivity contribution in [2.24, 2.45) is 0 Å². The molecule has 0 aliphatic heterocycles. The van der Waals surface area contributed by atoms with Crippen molar-refractivity contribution in [3.05, 3.63) is 89.2 Å². The van der Waals surface area contributed by atoms with Crippen LogP contribution in [0.5, 0.6) is 0 Å². The Labute approximate surface area is 155 Å². The molecule has 134 valence electrons. The summed E-state index contributed by atoms with van der Waals surface area (Å²) in [6.07, 6.45) is 4.34. The largest absolute Gasteiger partial charge is 0.316 e. The van der Waals surface area contributed by atoms with Gasteiger partial charge in [0.05, 0.1) is 0 Å². The van der Waals surface area contributed by atoms with Crippen LogP contribution in [0.2, 0.25) is 0 Å². The Morgan fingerprint density at radius 3 is 2.23 bits per heavy atom. The number of likely N-dealkylation sites (N-methyl/N-ethyl adjacent to an activating group) is 1. The second-order valence-corrected chi connectivity index (χ2v) is 7.49. The molecule has 0 bridgehead atoms. The first-order valence-electron chi connectivity index (χ1n) is 8.36. The molecule has 0 fully saturated rings. The van der Waals surface area contributed by atoms with Crippen LogP contribution in [0.4, 0.5) is 0 Å². The predicted molar refractivity (Wildman–Crippen MR) is 107 cm³/mol. The van der Waals surface area contributed by atoms with E-state index in [1.54, 1.807) is 23.5 Å². The Kier molecular flexibility index (Phi) is 5.65. The fourth-order valence-electron chi connectivity index (χ4n) is 2.49. The number of nitrogens with zero attached hydrogens (tertiary/aromatic N) is 1. The van der Waals surface area contributed by atoms with Crippen molar-refractivity contribution in [1.29, 1.82) is 0 Å². The van der Waals surface area contributed by atoms with E-state index >= 15 is 0 Å². The van der Waals surface area contributed by atoms with Gasteiger partial charge in [0.1, 0.15) is 10.7 Å². The highest BCUT2D eigenvalue weighted by molar-refractivity contribution is 7.12. The van der Waals surface area contributed by atoms with Crippen molar-refractivity contribution in [2.45, 2.75) is 6.42 Å². The van der Waals surface area contributed by atoms with Crippen LogP contribution in [0.25, 0.3) is 12.2 Å². The summed E-state index contributed by atoms with van der Waals surface area (Å²) < 4.78 is 0. The summed E-state index contributed by atoms with van der Waals surface area (Å²) in [7, 11) is 4.08. The van der Waals surface area contributed by atoms with Crippen molar-refractivity contribution in [2.75, 3.05) is 20.6 Å². The number of nitrogens with one attached hydrogen (secondary N) is 2. The predicted octanol–water partition coefficient (Wildman–Crippen LogP) is 0.886. The van der Waals surface area contributed by atoms with Gasteiger partial charge in [-0.3, -0.25) is 9.59 Å². The third kappa shape index (κ3) is 4.68. The number of aromatic amines is 2. The van der Waals surface area contributed by atoms with E-state index in [-0.39, 0.29) is 21.8 Å². The molecule has 0 amide bonds. The van der Waals surface area contributed by atoms with Gasteiger partial charge in [0.2, 0.25) is 0 Å². The van der Waals surface area contributed by atoms with Gasteiger partial charge in [-0.25, -0.2) is 0 Å². The van der Waals surface area contributed by atoms with Gasteiger partial charge >= 0.3 is 0 Å². The van der Waals surface area contributed by atoms with Crippen LogP contribution in [-0.2, 0) is 6.42 Å². The second-order valence-electron chi connectivity index (χ2n) is 6.29. The van der Waals surface area contributed by atoms with Crippen molar-refractivity contribution in [3.8, 4) is 0 Å². The van der Waals surface area contributed by atoms with E-state index in [1.165, 1.54) is 4.88 Å². The minimum absolute atomic E-state index is 0.246. The van der Waals surface area contributed by atoms with Gasteiger partial charge in [0, 0.05) is 16.3 Å². The Bertz CT molecular complexity index is 1110. The van der Waals surface area contributed by atoms with Crippen LogP contribution in [0.1, 0.15) is 15.3 Å². The molecule has 2 N–H and O–H groups in total. The quantitative estimate of drug-likeness (QED) is 0.704. The van der Waals surface area contributed by atoms with E-state index in [0.29, 0.717) is 0 Å². The molecule has 0 unspecified atom stereocenters. The highest BCUT2D eigenvalue weighted by Crippen LogP contribution is 2.17. The van der Waals surface area contributed by atoms with Crippen LogP contribution in [0.3, 0.4) is 0 Å². The minimum atomic E-state index is -0.316. The second kappa shape index (κ2) is 8.12. The molecule has 2 heterocycles. The van der Waals surface area contributed by atoms with Crippen LogP contribution in [0, 0.1) is 0 Å². The van der Waals surface area contributed by atoms with E-state index in [2.05, 4.69) is 20.9 Å². The van der Waals surface area contributed by atoms with Gasteiger partial charge in [-0.1, -0.05) is 30.3 Å². The zero-order chi connectivity index (χ0) is 18.5. The van der Waals surface area contributed by atoms with E-state index in [4.69, 9.17) is 0 Å². The van der Waals surface area contributed by atoms with E-state index in [9.17, 15) is 9.59 Å². The zero-order valence-electron chi connectivity index (χ0n) is 14.8. The third-order valence-corrected chi connectivity index (χ3v) is 4.96. The number of hydrogen-bond acceptors (Lipinski definition) is 4. The first kappa shape index (κ1) is 18.1. The lowest BCUT2D eigenvalue weighted by molar-refractivity contribution is 0.415. The minimum Gasteiger partial charge on any atom is -0.316 e. The average molecular weight is 367 g/mol. The number of rotatable bonds is 5. The normalized spacial score (nSPS) is 12.9. The van der Waals surface area contributed by atoms with Crippen LogP contribution in [-0.4, -0.2) is 35.5 Å². The molecule has 2 aromatic heterocycles. The maximum atomic E-state index is 12.3. The monoisotopic (exact) mass is 367 g/mol. The molecule has 0 saturated heterocycles. The molecule has 5 nitrogen and oxygen atoms in total. The summed E-state index contributed by atoms with van der Waals surface area (Å²) in [6.45, 7) is 0.974.